The zero-order chi connectivity index (χ0) is 13.2. The molecule has 0 aliphatic carbocycles. The summed E-state index contributed by atoms with van der Waals surface area (Å²) < 4.78 is 36.1. The van der Waals surface area contributed by atoms with E-state index in [1.54, 1.807) is 11.3 Å². The normalized spacial score (nSPS) is 18.7. The van der Waals surface area contributed by atoms with Crippen molar-refractivity contribution in [3.8, 4) is 0 Å². The maximum atomic E-state index is 12.0. The van der Waals surface area contributed by atoms with Crippen LogP contribution in [0.1, 0.15) is 17.4 Å². The molecule has 1 aliphatic heterocycles. The molecule has 6 heteroatoms. The van der Waals surface area contributed by atoms with Crippen LogP contribution in [-0.4, -0.2) is 36.8 Å². The van der Waals surface area contributed by atoms with Crippen LogP contribution < -0.4 is 5.32 Å². The Morgan fingerprint density at radius 2 is 2.28 bits per heavy atom. The summed E-state index contributed by atoms with van der Waals surface area (Å²) in [5.74, 6) is 0. The van der Waals surface area contributed by atoms with Crippen molar-refractivity contribution in [3.05, 3.63) is 21.9 Å². The Hall–Kier alpha value is -0.590. The van der Waals surface area contributed by atoms with E-state index in [4.69, 9.17) is 0 Å². The highest BCUT2D eigenvalue weighted by molar-refractivity contribution is 7.10. The van der Waals surface area contributed by atoms with Gasteiger partial charge in [-0.2, -0.15) is 13.2 Å². The van der Waals surface area contributed by atoms with E-state index in [1.807, 2.05) is 6.92 Å². The minimum atomic E-state index is -4.12. The van der Waals surface area contributed by atoms with E-state index < -0.39 is 12.7 Å². The maximum Gasteiger partial charge on any atom is 0.401 e. The fourth-order valence-corrected chi connectivity index (χ4v) is 3.09. The van der Waals surface area contributed by atoms with Crippen LogP contribution in [0.25, 0.3) is 0 Å². The van der Waals surface area contributed by atoms with Gasteiger partial charge in [-0.3, -0.25) is 4.90 Å². The van der Waals surface area contributed by atoms with Gasteiger partial charge in [-0.15, -0.1) is 11.3 Å². The van der Waals surface area contributed by atoms with Crippen molar-refractivity contribution < 1.29 is 13.2 Å². The number of thiophene rings is 1. The van der Waals surface area contributed by atoms with Crippen LogP contribution in [0.3, 0.4) is 0 Å². The van der Waals surface area contributed by atoms with Gasteiger partial charge in [0.2, 0.25) is 0 Å². The van der Waals surface area contributed by atoms with E-state index >= 15 is 0 Å². The quantitative estimate of drug-likeness (QED) is 0.911. The lowest BCUT2D eigenvalue weighted by molar-refractivity contribution is -0.125. The number of hydrogen-bond acceptors (Lipinski definition) is 3. The molecule has 0 saturated carbocycles. The van der Waals surface area contributed by atoms with Crippen LogP contribution in [0.5, 0.6) is 0 Å². The highest BCUT2D eigenvalue weighted by Crippen LogP contribution is 2.25. The van der Waals surface area contributed by atoms with Crippen LogP contribution in [-0.2, 0) is 13.0 Å². The van der Waals surface area contributed by atoms with Gasteiger partial charge >= 0.3 is 6.18 Å². The van der Waals surface area contributed by atoms with Crippen molar-refractivity contribution in [2.24, 2.45) is 0 Å². The van der Waals surface area contributed by atoms with Gasteiger partial charge in [-0.1, -0.05) is 0 Å². The predicted octanol–water partition coefficient (Wildman–Crippen LogP) is 2.65. The van der Waals surface area contributed by atoms with Crippen molar-refractivity contribution in [1.29, 1.82) is 0 Å². The van der Waals surface area contributed by atoms with Crippen LogP contribution in [0.15, 0.2) is 11.4 Å². The summed E-state index contributed by atoms with van der Waals surface area (Å²) in [6, 6.07) is 2.24. The molecule has 18 heavy (non-hydrogen) atoms. The second-order valence-electron chi connectivity index (χ2n) is 4.68. The minimum absolute atomic E-state index is 0.125. The van der Waals surface area contributed by atoms with Crippen molar-refractivity contribution in [1.82, 2.24) is 10.2 Å². The van der Waals surface area contributed by atoms with E-state index in [-0.39, 0.29) is 6.04 Å². The van der Waals surface area contributed by atoms with Gasteiger partial charge in [0.15, 0.2) is 0 Å². The molecule has 1 aliphatic rings. The first kappa shape index (κ1) is 13.8. The average Bonchev–Trinajstić information content (AvgIpc) is 2.73. The molecule has 1 atom stereocenters. The molecular formula is C12H17F3N2S. The number of hydrogen-bond donors (Lipinski definition) is 1. The van der Waals surface area contributed by atoms with E-state index in [2.05, 4.69) is 21.7 Å². The predicted molar refractivity (Wildman–Crippen MR) is 66.8 cm³/mol. The van der Waals surface area contributed by atoms with Crippen molar-refractivity contribution >= 4 is 11.3 Å². The summed E-state index contributed by atoms with van der Waals surface area (Å²) in [4.78, 5) is 3.65. The smallest absolute Gasteiger partial charge is 0.307 e. The number of nitrogens with one attached hydrogen (secondary N) is 1. The van der Waals surface area contributed by atoms with E-state index in [0.29, 0.717) is 6.54 Å². The van der Waals surface area contributed by atoms with Gasteiger partial charge in [0, 0.05) is 30.6 Å². The molecule has 0 spiro atoms. The zero-order valence-corrected chi connectivity index (χ0v) is 11.1. The molecule has 0 fully saturated rings. The molecule has 0 bridgehead atoms. The highest BCUT2D eigenvalue weighted by atomic mass is 32.1. The zero-order valence-electron chi connectivity index (χ0n) is 10.3. The molecule has 2 nitrogen and oxygen atoms in total. The summed E-state index contributed by atoms with van der Waals surface area (Å²) in [5.41, 5.74) is 1.33. The average molecular weight is 278 g/mol. The first-order chi connectivity index (χ1) is 8.46. The van der Waals surface area contributed by atoms with Crippen LogP contribution in [0, 0.1) is 0 Å². The summed E-state index contributed by atoms with van der Waals surface area (Å²) >= 11 is 1.77. The number of fused-ring (bicyclic) bond motifs is 1. The molecule has 0 aromatic carbocycles. The number of nitrogens with zero attached hydrogens (tertiary/aromatic N) is 1. The lowest BCUT2D eigenvalue weighted by Crippen LogP contribution is -2.44. The largest absolute Gasteiger partial charge is 0.401 e. The standard InChI is InChI=1S/C12H17F3N2S/c1-9(6-16-8-12(13,14)15)17-4-2-11-10(7-17)3-5-18-11/h3,5,9,16H,2,4,6-8H2,1H3. The number of halogens is 3. The molecule has 1 aromatic rings. The third-order valence-corrected chi connectivity index (χ3v) is 4.25. The highest BCUT2D eigenvalue weighted by Gasteiger charge is 2.27. The third kappa shape index (κ3) is 3.70. The Labute approximate surface area is 109 Å². The lowest BCUT2D eigenvalue weighted by atomic mass is 10.1. The number of alkyl halides is 3. The second kappa shape index (κ2) is 5.59. The molecule has 1 unspecified atom stereocenters. The summed E-state index contributed by atoms with van der Waals surface area (Å²) in [6.07, 6.45) is -3.11. The van der Waals surface area contributed by atoms with Crippen LogP contribution in [0.2, 0.25) is 0 Å². The Balaban J connectivity index is 1.79. The van der Waals surface area contributed by atoms with Gasteiger partial charge in [-0.25, -0.2) is 0 Å². The lowest BCUT2D eigenvalue weighted by Gasteiger charge is -2.32. The Kier molecular flexibility index (Phi) is 4.29. The summed E-state index contributed by atoms with van der Waals surface area (Å²) in [6.45, 7) is 3.23. The van der Waals surface area contributed by atoms with Gasteiger partial charge in [0.05, 0.1) is 6.54 Å². The van der Waals surface area contributed by atoms with E-state index in [1.165, 1.54) is 10.4 Å². The SMILES string of the molecule is CC(CNCC(F)(F)F)N1CCc2sccc2C1. The van der Waals surface area contributed by atoms with Gasteiger partial charge in [-0.05, 0) is 30.4 Å². The van der Waals surface area contributed by atoms with Crippen molar-refractivity contribution in [2.45, 2.75) is 32.1 Å². The summed E-state index contributed by atoms with van der Waals surface area (Å²) in [7, 11) is 0. The van der Waals surface area contributed by atoms with Gasteiger partial charge < -0.3 is 5.32 Å². The Morgan fingerprint density at radius 3 is 3.00 bits per heavy atom. The third-order valence-electron chi connectivity index (χ3n) is 3.23. The Morgan fingerprint density at radius 1 is 1.50 bits per heavy atom. The molecule has 102 valence electrons. The molecule has 1 aromatic heterocycles. The molecule has 1 N–H and O–H groups in total. The van der Waals surface area contributed by atoms with Crippen LogP contribution in [0.4, 0.5) is 13.2 Å². The fraction of sp³-hybridized carbons (Fsp3) is 0.667. The first-order valence-corrected chi connectivity index (χ1v) is 6.90. The molecule has 2 rings (SSSR count). The second-order valence-corrected chi connectivity index (χ2v) is 5.69. The first-order valence-electron chi connectivity index (χ1n) is 6.02. The fourth-order valence-electron chi connectivity index (χ4n) is 2.20. The summed E-state index contributed by atoms with van der Waals surface area (Å²) in [5, 5.41) is 4.56. The molecular weight excluding hydrogens is 261 g/mol. The minimum Gasteiger partial charge on any atom is -0.307 e. The van der Waals surface area contributed by atoms with Crippen LogP contribution >= 0.6 is 11.3 Å². The van der Waals surface area contributed by atoms with Gasteiger partial charge in [0.25, 0.3) is 0 Å². The maximum absolute atomic E-state index is 12.0. The molecule has 0 radical (unpaired) electrons. The topological polar surface area (TPSA) is 15.3 Å². The number of rotatable bonds is 4. The van der Waals surface area contributed by atoms with Crippen molar-refractivity contribution in [2.75, 3.05) is 19.6 Å². The molecule has 0 saturated heterocycles. The monoisotopic (exact) mass is 278 g/mol. The van der Waals surface area contributed by atoms with Crippen molar-refractivity contribution in [3.63, 3.8) is 0 Å². The Bertz CT molecular complexity index is 389. The molecule has 0 amide bonds. The molecule has 2 heterocycles. The van der Waals surface area contributed by atoms with Gasteiger partial charge in [0.1, 0.15) is 0 Å². The van der Waals surface area contributed by atoms with E-state index in [0.717, 1.165) is 19.5 Å². The van der Waals surface area contributed by atoms with E-state index in [9.17, 15) is 13.2 Å².